The Labute approximate surface area is 112 Å². The van der Waals surface area contributed by atoms with Crippen LogP contribution in [0.15, 0.2) is 0 Å². The molecule has 0 heterocycles. The standard InChI is InChI=1S/C12H23NO6/c1-3-12(2,4-6-14)19-7-5-13-10(15)8-18-9-11(16)17/h14H,3-9H2,1-2H3,(H,13,15)(H,16,17). The molecule has 0 aromatic carbocycles. The number of aliphatic hydroxyl groups is 1. The van der Waals surface area contributed by atoms with E-state index < -0.39 is 12.6 Å². The first-order chi connectivity index (χ1) is 8.93. The normalized spacial score (nSPS) is 13.8. The summed E-state index contributed by atoms with van der Waals surface area (Å²) in [7, 11) is 0. The second kappa shape index (κ2) is 9.71. The summed E-state index contributed by atoms with van der Waals surface area (Å²) >= 11 is 0. The van der Waals surface area contributed by atoms with Crippen LogP contribution in [-0.4, -0.2) is 60.7 Å². The maximum Gasteiger partial charge on any atom is 0.329 e. The van der Waals surface area contributed by atoms with Crippen LogP contribution in [0.25, 0.3) is 0 Å². The lowest BCUT2D eigenvalue weighted by molar-refractivity contribution is -0.143. The third kappa shape index (κ3) is 9.40. The molecule has 0 radical (unpaired) electrons. The van der Waals surface area contributed by atoms with E-state index in [2.05, 4.69) is 10.1 Å². The van der Waals surface area contributed by atoms with Crippen LogP contribution < -0.4 is 5.32 Å². The van der Waals surface area contributed by atoms with Gasteiger partial charge in [-0.2, -0.15) is 0 Å². The van der Waals surface area contributed by atoms with Crippen LogP contribution >= 0.6 is 0 Å². The summed E-state index contributed by atoms with van der Waals surface area (Å²) in [5.74, 6) is -1.50. The van der Waals surface area contributed by atoms with Gasteiger partial charge in [-0.05, 0) is 19.8 Å². The summed E-state index contributed by atoms with van der Waals surface area (Å²) in [6, 6.07) is 0. The van der Waals surface area contributed by atoms with Gasteiger partial charge in [-0.25, -0.2) is 4.79 Å². The molecule has 7 heteroatoms. The zero-order chi connectivity index (χ0) is 14.7. The predicted octanol–water partition coefficient (Wildman–Crippen LogP) is -0.228. The first-order valence-corrected chi connectivity index (χ1v) is 6.24. The number of hydrogen-bond acceptors (Lipinski definition) is 5. The molecule has 0 aliphatic carbocycles. The van der Waals surface area contributed by atoms with Gasteiger partial charge in [-0.15, -0.1) is 0 Å². The SMILES string of the molecule is CCC(C)(CCO)OCCNC(=O)COCC(=O)O. The second-order valence-corrected chi connectivity index (χ2v) is 4.36. The number of nitrogens with one attached hydrogen (secondary N) is 1. The molecule has 3 N–H and O–H groups in total. The van der Waals surface area contributed by atoms with Crippen molar-refractivity contribution >= 4 is 11.9 Å². The number of rotatable bonds is 11. The van der Waals surface area contributed by atoms with E-state index in [1.54, 1.807) is 0 Å². The van der Waals surface area contributed by atoms with Crippen LogP contribution in [-0.2, 0) is 19.1 Å². The lowest BCUT2D eigenvalue weighted by Gasteiger charge is -2.28. The smallest absolute Gasteiger partial charge is 0.329 e. The van der Waals surface area contributed by atoms with Gasteiger partial charge in [0.05, 0.1) is 12.2 Å². The van der Waals surface area contributed by atoms with Crippen LogP contribution in [0.3, 0.4) is 0 Å². The minimum atomic E-state index is -1.11. The van der Waals surface area contributed by atoms with Gasteiger partial charge in [0.25, 0.3) is 0 Å². The molecule has 0 aromatic heterocycles. The average Bonchev–Trinajstić information content (AvgIpc) is 2.34. The molecule has 1 atom stereocenters. The highest BCUT2D eigenvalue weighted by Crippen LogP contribution is 2.18. The lowest BCUT2D eigenvalue weighted by atomic mass is 9.99. The molecular weight excluding hydrogens is 254 g/mol. The van der Waals surface area contributed by atoms with Gasteiger partial charge < -0.3 is 25.0 Å². The molecule has 0 aliphatic heterocycles. The predicted molar refractivity (Wildman–Crippen MR) is 67.8 cm³/mol. The van der Waals surface area contributed by atoms with Gasteiger partial charge >= 0.3 is 5.97 Å². The maximum absolute atomic E-state index is 11.2. The highest BCUT2D eigenvalue weighted by molar-refractivity contribution is 5.77. The summed E-state index contributed by atoms with van der Waals surface area (Å²) in [6.45, 7) is 3.79. The van der Waals surface area contributed by atoms with Gasteiger partial charge in [-0.1, -0.05) is 6.92 Å². The number of carboxylic acid groups (broad SMARTS) is 1. The number of ether oxygens (including phenoxy) is 2. The Balaban J connectivity index is 3.67. The van der Waals surface area contributed by atoms with Crippen LogP contribution in [0.2, 0.25) is 0 Å². The van der Waals surface area contributed by atoms with Crippen molar-refractivity contribution in [2.45, 2.75) is 32.3 Å². The van der Waals surface area contributed by atoms with Gasteiger partial charge in [0.2, 0.25) is 5.91 Å². The Morgan fingerprint density at radius 2 is 2.00 bits per heavy atom. The van der Waals surface area contributed by atoms with E-state index in [-0.39, 0.29) is 24.7 Å². The molecule has 0 bridgehead atoms. The highest BCUT2D eigenvalue weighted by atomic mass is 16.5. The fourth-order valence-electron chi connectivity index (χ4n) is 1.36. The minimum Gasteiger partial charge on any atom is -0.480 e. The van der Waals surface area contributed by atoms with E-state index in [0.29, 0.717) is 19.6 Å². The summed E-state index contributed by atoms with van der Waals surface area (Å²) in [6.07, 6.45) is 1.31. The monoisotopic (exact) mass is 277 g/mol. The largest absolute Gasteiger partial charge is 0.480 e. The highest BCUT2D eigenvalue weighted by Gasteiger charge is 2.21. The van der Waals surface area contributed by atoms with Crippen molar-refractivity contribution in [2.75, 3.05) is 33.0 Å². The van der Waals surface area contributed by atoms with Crippen LogP contribution in [0.1, 0.15) is 26.7 Å². The summed E-state index contributed by atoms with van der Waals surface area (Å²) < 4.78 is 10.2. The number of aliphatic carboxylic acids is 1. The summed E-state index contributed by atoms with van der Waals surface area (Å²) in [5.41, 5.74) is -0.390. The average molecular weight is 277 g/mol. The third-order valence-corrected chi connectivity index (χ3v) is 2.72. The Kier molecular flexibility index (Phi) is 9.11. The first kappa shape index (κ1) is 17.8. The molecular formula is C12H23NO6. The van der Waals surface area contributed by atoms with Gasteiger partial charge in [0.15, 0.2) is 0 Å². The van der Waals surface area contributed by atoms with Gasteiger partial charge in [0, 0.05) is 13.2 Å². The lowest BCUT2D eigenvalue weighted by Crippen LogP contribution is -2.35. The number of carboxylic acids is 1. The molecule has 1 unspecified atom stereocenters. The molecule has 0 aromatic rings. The first-order valence-electron chi connectivity index (χ1n) is 6.24. The second-order valence-electron chi connectivity index (χ2n) is 4.36. The van der Waals surface area contributed by atoms with Crippen LogP contribution in [0, 0.1) is 0 Å². The van der Waals surface area contributed by atoms with E-state index >= 15 is 0 Å². The molecule has 0 fully saturated rings. The van der Waals surface area contributed by atoms with E-state index in [1.165, 1.54) is 0 Å². The van der Waals surface area contributed by atoms with E-state index in [0.717, 1.165) is 6.42 Å². The number of hydrogen-bond donors (Lipinski definition) is 3. The van der Waals surface area contributed by atoms with Crippen molar-refractivity contribution in [2.24, 2.45) is 0 Å². The fraction of sp³-hybridized carbons (Fsp3) is 0.833. The molecule has 19 heavy (non-hydrogen) atoms. The Morgan fingerprint density at radius 1 is 1.32 bits per heavy atom. The fourth-order valence-corrected chi connectivity index (χ4v) is 1.36. The van der Waals surface area contributed by atoms with Gasteiger partial charge in [-0.3, -0.25) is 4.79 Å². The number of carbonyl (C=O) groups excluding carboxylic acids is 1. The van der Waals surface area contributed by atoms with Crippen molar-refractivity contribution in [1.82, 2.24) is 5.32 Å². The summed E-state index contributed by atoms with van der Waals surface area (Å²) in [4.78, 5) is 21.4. The molecule has 7 nitrogen and oxygen atoms in total. The van der Waals surface area contributed by atoms with Crippen molar-refractivity contribution < 1.29 is 29.3 Å². The molecule has 0 rings (SSSR count). The molecule has 0 saturated carbocycles. The van der Waals surface area contributed by atoms with E-state index in [4.69, 9.17) is 14.9 Å². The third-order valence-electron chi connectivity index (χ3n) is 2.72. The Hall–Kier alpha value is -1.18. The molecule has 1 amide bonds. The number of aliphatic hydroxyl groups excluding tert-OH is 1. The zero-order valence-electron chi connectivity index (χ0n) is 11.5. The summed E-state index contributed by atoms with van der Waals surface area (Å²) in [5, 5.41) is 19.8. The van der Waals surface area contributed by atoms with Crippen molar-refractivity contribution in [3.05, 3.63) is 0 Å². The Morgan fingerprint density at radius 3 is 2.53 bits per heavy atom. The van der Waals surface area contributed by atoms with Crippen molar-refractivity contribution in [3.63, 3.8) is 0 Å². The maximum atomic E-state index is 11.2. The van der Waals surface area contributed by atoms with E-state index in [1.807, 2.05) is 13.8 Å². The van der Waals surface area contributed by atoms with Crippen molar-refractivity contribution in [3.8, 4) is 0 Å². The van der Waals surface area contributed by atoms with Gasteiger partial charge in [0.1, 0.15) is 13.2 Å². The van der Waals surface area contributed by atoms with Crippen LogP contribution in [0.5, 0.6) is 0 Å². The zero-order valence-corrected chi connectivity index (χ0v) is 11.5. The van der Waals surface area contributed by atoms with E-state index in [9.17, 15) is 9.59 Å². The van der Waals surface area contributed by atoms with Crippen LogP contribution in [0.4, 0.5) is 0 Å². The molecule has 0 spiro atoms. The minimum absolute atomic E-state index is 0.0553. The van der Waals surface area contributed by atoms with Crippen molar-refractivity contribution in [1.29, 1.82) is 0 Å². The quantitative estimate of drug-likeness (QED) is 0.451. The molecule has 0 saturated heterocycles. The number of carbonyl (C=O) groups is 2. The number of amides is 1. The topological polar surface area (TPSA) is 105 Å². The molecule has 0 aliphatic rings. The molecule has 112 valence electrons. The Bertz CT molecular complexity index is 283.